The van der Waals surface area contributed by atoms with Crippen LogP contribution in [0.3, 0.4) is 0 Å². The van der Waals surface area contributed by atoms with E-state index in [9.17, 15) is 4.79 Å². The molecule has 1 amide bonds. The lowest BCUT2D eigenvalue weighted by Gasteiger charge is -2.11. The van der Waals surface area contributed by atoms with Crippen LogP contribution in [0.2, 0.25) is 0 Å². The maximum atomic E-state index is 11.9. The fourth-order valence-electron chi connectivity index (χ4n) is 2.08. The number of anilines is 2. The van der Waals surface area contributed by atoms with Crippen LogP contribution >= 0.6 is 0 Å². The van der Waals surface area contributed by atoms with Gasteiger partial charge in [0, 0.05) is 11.4 Å². The molecule has 0 atom stereocenters. The Hall–Kier alpha value is -2.29. The Morgan fingerprint density at radius 2 is 1.71 bits per heavy atom. The van der Waals surface area contributed by atoms with Gasteiger partial charge >= 0.3 is 0 Å². The lowest BCUT2D eigenvalue weighted by Crippen LogP contribution is -2.22. The number of amides is 1. The van der Waals surface area contributed by atoms with Crippen LogP contribution in [0, 0.1) is 6.92 Å². The summed E-state index contributed by atoms with van der Waals surface area (Å²) in [6.45, 7) is 6.57. The summed E-state index contributed by atoms with van der Waals surface area (Å²) in [7, 11) is 0. The lowest BCUT2D eigenvalue weighted by atomic mass is 10.0. The van der Waals surface area contributed by atoms with Gasteiger partial charge in [-0.2, -0.15) is 0 Å². The summed E-state index contributed by atoms with van der Waals surface area (Å²) in [4.78, 5) is 11.9. The number of carbonyl (C=O) groups is 1. The fourth-order valence-corrected chi connectivity index (χ4v) is 2.08. The Bertz CT molecular complexity index is 603. The first-order chi connectivity index (χ1) is 10.1. The molecule has 0 aliphatic heterocycles. The second-order valence-electron chi connectivity index (χ2n) is 5.49. The zero-order chi connectivity index (χ0) is 15.2. The first kappa shape index (κ1) is 15.1. The number of nitrogens with one attached hydrogen (secondary N) is 2. The Morgan fingerprint density at radius 3 is 2.33 bits per heavy atom. The van der Waals surface area contributed by atoms with Gasteiger partial charge in [-0.3, -0.25) is 4.79 Å². The molecule has 21 heavy (non-hydrogen) atoms. The van der Waals surface area contributed by atoms with Crippen LogP contribution in [0.15, 0.2) is 48.5 Å². The second kappa shape index (κ2) is 6.93. The lowest BCUT2D eigenvalue weighted by molar-refractivity contribution is -0.114. The molecule has 0 bridgehead atoms. The maximum absolute atomic E-state index is 11.9. The van der Waals surface area contributed by atoms with E-state index in [2.05, 4.69) is 36.6 Å². The summed E-state index contributed by atoms with van der Waals surface area (Å²) < 4.78 is 0. The van der Waals surface area contributed by atoms with Gasteiger partial charge in [0.2, 0.25) is 5.91 Å². The van der Waals surface area contributed by atoms with Crippen molar-refractivity contribution in [2.45, 2.75) is 26.7 Å². The molecule has 0 unspecified atom stereocenters. The summed E-state index contributed by atoms with van der Waals surface area (Å²) in [5.74, 6) is 0.473. The molecule has 2 N–H and O–H groups in total. The number of para-hydroxylation sites is 1. The minimum atomic E-state index is -0.0442. The molecule has 2 rings (SSSR count). The molecule has 2 aromatic carbocycles. The molecule has 110 valence electrons. The van der Waals surface area contributed by atoms with E-state index in [1.807, 2.05) is 43.3 Å². The summed E-state index contributed by atoms with van der Waals surface area (Å²) in [5.41, 5.74) is 4.18. The van der Waals surface area contributed by atoms with Crippen molar-refractivity contribution in [2.24, 2.45) is 0 Å². The van der Waals surface area contributed by atoms with Crippen LogP contribution in [0.1, 0.15) is 30.9 Å². The quantitative estimate of drug-likeness (QED) is 0.864. The Balaban J connectivity index is 1.88. The summed E-state index contributed by atoms with van der Waals surface area (Å²) in [5, 5.41) is 6.05. The van der Waals surface area contributed by atoms with Gasteiger partial charge in [0.15, 0.2) is 0 Å². The Morgan fingerprint density at radius 1 is 1.05 bits per heavy atom. The maximum Gasteiger partial charge on any atom is 0.243 e. The summed E-state index contributed by atoms with van der Waals surface area (Å²) in [6.07, 6.45) is 0. The first-order valence-electron chi connectivity index (χ1n) is 7.25. The monoisotopic (exact) mass is 282 g/mol. The highest BCUT2D eigenvalue weighted by Gasteiger charge is 2.04. The molecule has 0 saturated carbocycles. The van der Waals surface area contributed by atoms with Crippen LogP contribution in [0.4, 0.5) is 11.4 Å². The highest BCUT2D eigenvalue weighted by atomic mass is 16.1. The highest BCUT2D eigenvalue weighted by molar-refractivity contribution is 5.94. The molecule has 0 aromatic heterocycles. The number of hydrogen-bond donors (Lipinski definition) is 2. The molecule has 0 heterocycles. The average Bonchev–Trinajstić information content (AvgIpc) is 2.48. The molecule has 0 aliphatic carbocycles. The van der Waals surface area contributed by atoms with E-state index in [0.717, 1.165) is 16.9 Å². The minimum absolute atomic E-state index is 0.0442. The molecule has 0 spiro atoms. The topological polar surface area (TPSA) is 41.1 Å². The van der Waals surface area contributed by atoms with Crippen molar-refractivity contribution in [3.05, 3.63) is 59.7 Å². The van der Waals surface area contributed by atoms with Crippen LogP contribution < -0.4 is 10.6 Å². The average molecular weight is 282 g/mol. The zero-order valence-corrected chi connectivity index (χ0v) is 12.8. The smallest absolute Gasteiger partial charge is 0.243 e. The molecule has 2 aromatic rings. The van der Waals surface area contributed by atoms with Gasteiger partial charge in [0.1, 0.15) is 0 Å². The van der Waals surface area contributed by atoms with Crippen LogP contribution in [-0.4, -0.2) is 12.5 Å². The van der Waals surface area contributed by atoms with Crippen molar-refractivity contribution in [3.63, 3.8) is 0 Å². The van der Waals surface area contributed by atoms with Crippen molar-refractivity contribution in [1.82, 2.24) is 0 Å². The van der Waals surface area contributed by atoms with Crippen molar-refractivity contribution in [2.75, 3.05) is 17.2 Å². The van der Waals surface area contributed by atoms with Crippen LogP contribution in [0.25, 0.3) is 0 Å². The largest absolute Gasteiger partial charge is 0.376 e. The van der Waals surface area contributed by atoms with Gasteiger partial charge in [0.05, 0.1) is 6.54 Å². The minimum Gasteiger partial charge on any atom is -0.376 e. The number of aryl methyl sites for hydroxylation is 1. The molecule has 0 aliphatic rings. The molecular formula is C18H22N2O. The van der Waals surface area contributed by atoms with Gasteiger partial charge in [-0.25, -0.2) is 0 Å². The van der Waals surface area contributed by atoms with Gasteiger partial charge in [-0.1, -0.05) is 44.2 Å². The van der Waals surface area contributed by atoms with Gasteiger partial charge in [-0.15, -0.1) is 0 Å². The third-order valence-electron chi connectivity index (χ3n) is 3.45. The van der Waals surface area contributed by atoms with Crippen LogP contribution in [-0.2, 0) is 4.79 Å². The fraction of sp³-hybridized carbons (Fsp3) is 0.278. The van der Waals surface area contributed by atoms with Gasteiger partial charge < -0.3 is 10.6 Å². The number of rotatable bonds is 5. The molecule has 3 nitrogen and oxygen atoms in total. The van der Waals surface area contributed by atoms with Crippen molar-refractivity contribution in [3.8, 4) is 0 Å². The van der Waals surface area contributed by atoms with Gasteiger partial charge in [0.25, 0.3) is 0 Å². The standard InChI is InChI=1S/C18H22N2O/c1-13(2)15-8-10-16(11-9-15)19-12-18(21)20-17-7-5-4-6-14(17)3/h4-11,13,19H,12H2,1-3H3,(H,20,21). The van der Waals surface area contributed by atoms with Crippen molar-refractivity contribution in [1.29, 1.82) is 0 Å². The Labute approximate surface area is 126 Å². The SMILES string of the molecule is Cc1ccccc1NC(=O)CNc1ccc(C(C)C)cc1. The third kappa shape index (κ3) is 4.35. The van der Waals surface area contributed by atoms with Crippen molar-refractivity contribution >= 4 is 17.3 Å². The van der Waals surface area contributed by atoms with E-state index in [4.69, 9.17) is 0 Å². The Kier molecular flexibility index (Phi) is 4.99. The highest BCUT2D eigenvalue weighted by Crippen LogP contribution is 2.17. The van der Waals surface area contributed by atoms with Gasteiger partial charge in [-0.05, 0) is 42.2 Å². The molecule has 0 radical (unpaired) electrons. The predicted octanol–water partition coefficient (Wildman–Crippen LogP) is 4.17. The van der Waals surface area contributed by atoms with Crippen LogP contribution in [0.5, 0.6) is 0 Å². The number of benzene rings is 2. The van der Waals surface area contributed by atoms with E-state index >= 15 is 0 Å². The summed E-state index contributed by atoms with van der Waals surface area (Å²) in [6, 6.07) is 16.0. The predicted molar refractivity (Wildman–Crippen MR) is 88.8 cm³/mol. The summed E-state index contributed by atoms with van der Waals surface area (Å²) >= 11 is 0. The number of hydrogen-bond acceptors (Lipinski definition) is 2. The van der Waals surface area contributed by atoms with E-state index in [1.54, 1.807) is 0 Å². The van der Waals surface area contributed by atoms with Crippen molar-refractivity contribution < 1.29 is 4.79 Å². The molecule has 0 fully saturated rings. The molecule has 0 saturated heterocycles. The number of carbonyl (C=O) groups excluding carboxylic acids is 1. The van der Waals surface area contributed by atoms with E-state index in [-0.39, 0.29) is 12.5 Å². The zero-order valence-electron chi connectivity index (χ0n) is 12.8. The molecule has 3 heteroatoms. The van der Waals surface area contributed by atoms with E-state index < -0.39 is 0 Å². The third-order valence-corrected chi connectivity index (χ3v) is 3.45. The first-order valence-corrected chi connectivity index (χ1v) is 7.25. The van der Waals surface area contributed by atoms with E-state index in [1.165, 1.54) is 5.56 Å². The normalized spacial score (nSPS) is 10.5. The molecular weight excluding hydrogens is 260 g/mol. The van der Waals surface area contributed by atoms with E-state index in [0.29, 0.717) is 5.92 Å². The second-order valence-corrected chi connectivity index (χ2v) is 5.49.